The van der Waals surface area contributed by atoms with Crippen LogP contribution in [-0.2, 0) is 6.54 Å². The van der Waals surface area contributed by atoms with Crippen molar-refractivity contribution in [3.05, 3.63) is 24.3 Å². The number of aromatic nitrogens is 4. The number of imidazole rings is 1. The van der Waals surface area contributed by atoms with Crippen molar-refractivity contribution in [2.75, 3.05) is 24.7 Å². The van der Waals surface area contributed by atoms with Crippen LogP contribution in [-0.4, -0.2) is 55.6 Å². The van der Waals surface area contributed by atoms with E-state index in [9.17, 15) is 14.0 Å². The van der Waals surface area contributed by atoms with Gasteiger partial charge < -0.3 is 9.88 Å². The molecule has 1 saturated heterocycles. The summed E-state index contributed by atoms with van der Waals surface area (Å²) in [6, 6.07) is 2.29. The van der Waals surface area contributed by atoms with Crippen molar-refractivity contribution in [3.8, 4) is 17.5 Å². The average molecular weight is 379 g/mol. The maximum atomic E-state index is 12.5. The molecule has 10 heteroatoms. The van der Waals surface area contributed by atoms with Crippen molar-refractivity contribution in [1.29, 1.82) is 5.26 Å². The van der Waals surface area contributed by atoms with Crippen LogP contribution >= 0.6 is 11.9 Å². The van der Waals surface area contributed by atoms with Gasteiger partial charge in [-0.15, -0.1) is 0 Å². The topological polar surface area (TPSA) is 82.7 Å². The molecule has 0 aliphatic carbocycles. The Morgan fingerprint density at radius 3 is 2.81 bits per heavy atom. The maximum absolute atomic E-state index is 12.5. The van der Waals surface area contributed by atoms with Gasteiger partial charge in [0, 0.05) is 25.3 Å². The average Bonchev–Trinajstić information content (AvgIpc) is 3.10. The van der Waals surface area contributed by atoms with Gasteiger partial charge in [0.05, 0.1) is 24.6 Å². The number of anilines is 1. The van der Waals surface area contributed by atoms with Crippen LogP contribution in [0.5, 0.6) is 0 Å². The second-order valence-corrected chi connectivity index (χ2v) is 6.83. The molecule has 1 aliphatic heterocycles. The van der Waals surface area contributed by atoms with Gasteiger partial charge in [-0.1, -0.05) is 11.9 Å². The van der Waals surface area contributed by atoms with Gasteiger partial charge in [-0.05, 0) is 19.1 Å². The van der Waals surface area contributed by atoms with Crippen LogP contribution in [0.4, 0.5) is 14.7 Å². The third-order valence-corrected chi connectivity index (χ3v) is 5.06. The monoisotopic (exact) mass is 379 g/mol. The molecule has 7 nitrogen and oxygen atoms in total. The van der Waals surface area contributed by atoms with Gasteiger partial charge in [-0.25, -0.2) is 23.7 Å². The summed E-state index contributed by atoms with van der Waals surface area (Å²) in [5.74, 6) is 0.421. The van der Waals surface area contributed by atoms with E-state index in [1.807, 2.05) is 6.07 Å². The third-order valence-electron chi connectivity index (χ3n) is 4.18. The molecule has 0 radical (unpaired) electrons. The van der Waals surface area contributed by atoms with E-state index in [2.05, 4.69) is 30.8 Å². The molecule has 0 spiro atoms. The Bertz CT molecular complexity index is 781. The van der Waals surface area contributed by atoms with Crippen molar-refractivity contribution in [3.63, 3.8) is 0 Å². The van der Waals surface area contributed by atoms with Crippen LogP contribution in [0.3, 0.4) is 0 Å². The lowest BCUT2D eigenvalue weighted by Gasteiger charge is -2.30. The molecule has 0 aromatic carbocycles. The summed E-state index contributed by atoms with van der Waals surface area (Å²) in [5, 5.41) is 12.6. The van der Waals surface area contributed by atoms with Crippen LogP contribution in [0.15, 0.2) is 18.7 Å². The number of halogens is 2. The predicted molar refractivity (Wildman–Crippen MR) is 95.7 cm³/mol. The molecular formula is C16H19F2N7S. The van der Waals surface area contributed by atoms with E-state index in [4.69, 9.17) is 0 Å². The fraction of sp³-hybridized carbons (Fsp3) is 0.500. The van der Waals surface area contributed by atoms with Crippen molar-refractivity contribution in [1.82, 2.24) is 23.8 Å². The van der Waals surface area contributed by atoms with Crippen LogP contribution < -0.4 is 5.32 Å². The van der Waals surface area contributed by atoms with E-state index in [-0.39, 0.29) is 11.6 Å². The quantitative estimate of drug-likeness (QED) is 0.773. The number of nitriles is 1. The van der Waals surface area contributed by atoms with Gasteiger partial charge in [0.1, 0.15) is 17.5 Å². The Morgan fingerprint density at radius 1 is 1.38 bits per heavy atom. The first kappa shape index (κ1) is 18.5. The van der Waals surface area contributed by atoms with Gasteiger partial charge in [0.25, 0.3) is 6.43 Å². The normalized spacial score (nSPS) is 16.0. The van der Waals surface area contributed by atoms with Gasteiger partial charge in [0.15, 0.2) is 0 Å². The molecule has 3 heterocycles. The van der Waals surface area contributed by atoms with Gasteiger partial charge in [-0.2, -0.15) is 5.26 Å². The Morgan fingerprint density at radius 2 is 2.15 bits per heavy atom. The molecule has 2 aromatic heterocycles. The number of hydrogen-bond donors (Lipinski definition) is 1. The molecule has 1 aliphatic rings. The summed E-state index contributed by atoms with van der Waals surface area (Å²) >= 11 is 1.74. The lowest BCUT2D eigenvalue weighted by molar-refractivity contribution is 0.126. The Kier molecular flexibility index (Phi) is 6.00. The highest BCUT2D eigenvalue weighted by molar-refractivity contribution is 7.96. The number of hydrogen-bond acceptors (Lipinski definition) is 7. The molecule has 2 aromatic rings. The number of piperidine rings is 1. The maximum Gasteiger partial charge on any atom is 0.256 e. The minimum absolute atomic E-state index is 0.259. The summed E-state index contributed by atoms with van der Waals surface area (Å²) < 4.78 is 28.6. The van der Waals surface area contributed by atoms with E-state index in [1.54, 1.807) is 11.9 Å². The first-order valence-electron chi connectivity index (χ1n) is 8.22. The standard InChI is InChI=1S/C16H19F2N7S/c1-26-25-4-2-12(3-5-25)22-16-20-7-11(6-19)15(23-16)13-8-24(10-21-13)9-14(17)18/h7-8,10,12,14H,2-5,9H2,1H3,(H,20,22,23). The van der Waals surface area contributed by atoms with Crippen LogP contribution in [0.25, 0.3) is 11.4 Å². The molecule has 1 N–H and O–H groups in total. The Hall–Kier alpha value is -2.25. The van der Waals surface area contributed by atoms with Gasteiger partial charge >= 0.3 is 0 Å². The number of alkyl halides is 2. The van der Waals surface area contributed by atoms with Crippen LogP contribution in [0, 0.1) is 11.3 Å². The number of nitrogens with one attached hydrogen (secondary N) is 1. The van der Waals surface area contributed by atoms with Crippen molar-refractivity contribution in [2.45, 2.75) is 31.9 Å². The van der Waals surface area contributed by atoms with Gasteiger partial charge in [0.2, 0.25) is 5.95 Å². The molecule has 1 fully saturated rings. The zero-order valence-electron chi connectivity index (χ0n) is 14.3. The summed E-state index contributed by atoms with van der Waals surface area (Å²) in [7, 11) is 0. The van der Waals surface area contributed by atoms with Crippen LogP contribution in [0.1, 0.15) is 18.4 Å². The number of nitrogens with zero attached hydrogens (tertiary/aromatic N) is 6. The summed E-state index contributed by atoms with van der Waals surface area (Å²) in [5.41, 5.74) is 0.986. The molecule has 0 atom stereocenters. The fourth-order valence-electron chi connectivity index (χ4n) is 2.84. The van der Waals surface area contributed by atoms with Gasteiger partial charge in [-0.3, -0.25) is 4.31 Å². The summed E-state index contributed by atoms with van der Waals surface area (Å²) in [6.07, 6.45) is 5.77. The Balaban J connectivity index is 1.77. The second kappa shape index (κ2) is 8.42. The third kappa shape index (κ3) is 4.47. The zero-order valence-corrected chi connectivity index (χ0v) is 15.1. The molecule has 0 unspecified atom stereocenters. The lowest BCUT2D eigenvalue weighted by Crippen LogP contribution is -2.35. The fourth-order valence-corrected chi connectivity index (χ4v) is 3.41. The van der Waals surface area contributed by atoms with Crippen LogP contribution in [0.2, 0.25) is 0 Å². The smallest absolute Gasteiger partial charge is 0.256 e. The summed E-state index contributed by atoms with van der Waals surface area (Å²) in [6.45, 7) is 1.53. The lowest BCUT2D eigenvalue weighted by atomic mass is 10.1. The molecule has 26 heavy (non-hydrogen) atoms. The first-order chi connectivity index (χ1) is 12.6. The van der Waals surface area contributed by atoms with E-state index in [0.29, 0.717) is 17.3 Å². The second-order valence-electron chi connectivity index (χ2n) is 5.94. The highest BCUT2D eigenvalue weighted by Gasteiger charge is 2.20. The van der Waals surface area contributed by atoms with Crippen molar-refractivity contribution < 1.29 is 8.78 Å². The number of rotatable bonds is 6. The minimum Gasteiger partial charge on any atom is -0.351 e. The zero-order chi connectivity index (χ0) is 18.5. The van der Waals surface area contributed by atoms with E-state index in [0.717, 1.165) is 25.9 Å². The van der Waals surface area contributed by atoms with E-state index < -0.39 is 13.0 Å². The summed E-state index contributed by atoms with van der Waals surface area (Å²) in [4.78, 5) is 12.7. The first-order valence-corrected chi connectivity index (χ1v) is 9.40. The molecule has 0 saturated carbocycles. The molecule has 3 rings (SSSR count). The highest BCUT2D eigenvalue weighted by atomic mass is 32.2. The van der Waals surface area contributed by atoms with Crippen molar-refractivity contribution >= 4 is 17.9 Å². The molecule has 0 bridgehead atoms. The minimum atomic E-state index is -2.47. The van der Waals surface area contributed by atoms with Crippen molar-refractivity contribution in [2.24, 2.45) is 0 Å². The molecule has 0 amide bonds. The molecule has 138 valence electrons. The Labute approximate surface area is 154 Å². The molecular weight excluding hydrogens is 360 g/mol. The van der Waals surface area contributed by atoms with E-state index in [1.165, 1.54) is 23.3 Å². The SMILES string of the molecule is CSN1CCC(Nc2ncc(C#N)c(-c3cn(CC(F)F)cn3)n2)CC1. The highest BCUT2D eigenvalue weighted by Crippen LogP contribution is 2.23. The van der Waals surface area contributed by atoms with E-state index >= 15 is 0 Å². The predicted octanol–water partition coefficient (Wildman–Crippen LogP) is 2.63. The largest absolute Gasteiger partial charge is 0.351 e.